The maximum absolute atomic E-state index is 13.0. The molecule has 0 aliphatic heterocycles. The number of halogens is 2. The second kappa shape index (κ2) is 6.41. The number of nitrogens with one attached hydrogen (secondary N) is 1. The Kier molecular flexibility index (Phi) is 4.31. The Morgan fingerprint density at radius 1 is 1.17 bits per heavy atom. The maximum atomic E-state index is 13.0. The summed E-state index contributed by atoms with van der Waals surface area (Å²) in [6, 6.07) is 11.1. The van der Waals surface area contributed by atoms with Crippen molar-refractivity contribution in [2.45, 2.75) is 13.8 Å². The average Bonchev–Trinajstić information content (AvgIpc) is 2.93. The van der Waals surface area contributed by atoms with Gasteiger partial charge in [-0.15, -0.1) is 5.10 Å². The monoisotopic (exact) mass is 344 g/mol. The number of anilines is 1. The lowest BCUT2D eigenvalue weighted by Crippen LogP contribution is -2.14. The predicted molar refractivity (Wildman–Crippen MR) is 90.2 cm³/mol. The summed E-state index contributed by atoms with van der Waals surface area (Å²) >= 11 is 6.11. The molecule has 2 aromatic carbocycles. The minimum atomic E-state index is -0.468. The van der Waals surface area contributed by atoms with E-state index in [0.29, 0.717) is 22.2 Å². The standard InChI is InChI=1S/C17H14ClFN4O/c1-10-3-8-15(14(18)9-10)21-17(24)16-20-11(2)23(22-16)13-6-4-12(19)5-7-13/h3-9H,1-2H3,(H,21,24). The second-order valence-electron chi connectivity index (χ2n) is 5.31. The van der Waals surface area contributed by atoms with Crippen molar-refractivity contribution >= 4 is 23.2 Å². The van der Waals surface area contributed by atoms with Crippen molar-refractivity contribution in [3.63, 3.8) is 0 Å². The van der Waals surface area contributed by atoms with E-state index in [-0.39, 0.29) is 11.6 Å². The SMILES string of the molecule is Cc1ccc(NC(=O)c2nc(C)n(-c3ccc(F)cc3)n2)c(Cl)c1. The van der Waals surface area contributed by atoms with Crippen LogP contribution in [0, 0.1) is 19.7 Å². The number of amides is 1. The van der Waals surface area contributed by atoms with Crippen molar-refractivity contribution in [3.05, 3.63) is 70.5 Å². The molecular weight excluding hydrogens is 331 g/mol. The van der Waals surface area contributed by atoms with Gasteiger partial charge in [0.1, 0.15) is 11.6 Å². The zero-order chi connectivity index (χ0) is 17.3. The molecular formula is C17H14ClFN4O. The maximum Gasteiger partial charge on any atom is 0.295 e. The molecule has 0 saturated carbocycles. The number of nitrogens with zero attached hydrogens (tertiary/aromatic N) is 3. The van der Waals surface area contributed by atoms with E-state index in [1.807, 2.05) is 13.0 Å². The first-order chi connectivity index (χ1) is 11.4. The highest BCUT2D eigenvalue weighted by Crippen LogP contribution is 2.23. The number of carbonyl (C=O) groups excluding carboxylic acids is 1. The third-order valence-corrected chi connectivity index (χ3v) is 3.73. The van der Waals surface area contributed by atoms with Gasteiger partial charge in [-0.2, -0.15) is 0 Å². The fourth-order valence-corrected chi connectivity index (χ4v) is 2.50. The van der Waals surface area contributed by atoms with Gasteiger partial charge < -0.3 is 5.32 Å². The van der Waals surface area contributed by atoms with Crippen molar-refractivity contribution < 1.29 is 9.18 Å². The van der Waals surface area contributed by atoms with Gasteiger partial charge in [0.05, 0.1) is 16.4 Å². The number of carbonyl (C=O) groups is 1. The van der Waals surface area contributed by atoms with E-state index in [4.69, 9.17) is 11.6 Å². The number of aryl methyl sites for hydroxylation is 2. The molecule has 3 rings (SSSR count). The van der Waals surface area contributed by atoms with Gasteiger partial charge in [-0.05, 0) is 55.8 Å². The van der Waals surface area contributed by atoms with E-state index in [1.165, 1.54) is 16.8 Å². The molecule has 7 heteroatoms. The number of rotatable bonds is 3. The van der Waals surface area contributed by atoms with Gasteiger partial charge >= 0.3 is 0 Å². The number of benzene rings is 2. The van der Waals surface area contributed by atoms with Crippen LogP contribution in [0.4, 0.5) is 10.1 Å². The third-order valence-electron chi connectivity index (χ3n) is 3.42. The smallest absolute Gasteiger partial charge is 0.295 e. The minimum absolute atomic E-state index is 0.00784. The van der Waals surface area contributed by atoms with Gasteiger partial charge in [-0.1, -0.05) is 17.7 Å². The highest BCUT2D eigenvalue weighted by molar-refractivity contribution is 6.33. The fraction of sp³-hybridized carbons (Fsp3) is 0.118. The summed E-state index contributed by atoms with van der Waals surface area (Å²) in [7, 11) is 0. The molecule has 0 unspecified atom stereocenters. The summed E-state index contributed by atoms with van der Waals surface area (Å²) in [6.07, 6.45) is 0. The van der Waals surface area contributed by atoms with Gasteiger partial charge in [0.25, 0.3) is 5.91 Å². The Morgan fingerprint density at radius 3 is 2.54 bits per heavy atom. The molecule has 122 valence electrons. The van der Waals surface area contributed by atoms with Crippen LogP contribution in [0.5, 0.6) is 0 Å². The van der Waals surface area contributed by atoms with Crippen molar-refractivity contribution in [2.75, 3.05) is 5.32 Å². The zero-order valence-corrected chi connectivity index (χ0v) is 13.8. The van der Waals surface area contributed by atoms with Gasteiger partial charge in [-0.25, -0.2) is 14.1 Å². The Morgan fingerprint density at radius 2 is 1.88 bits per heavy atom. The van der Waals surface area contributed by atoms with Crippen LogP contribution in [-0.2, 0) is 0 Å². The summed E-state index contributed by atoms with van der Waals surface area (Å²) in [5, 5.41) is 7.31. The fourth-order valence-electron chi connectivity index (χ4n) is 2.21. The highest BCUT2D eigenvalue weighted by atomic mass is 35.5. The van der Waals surface area contributed by atoms with Crippen LogP contribution in [0.25, 0.3) is 5.69 Å². The Hall–Kier alpha value is -2.73. The minimum Gasteiger partial charge on any atom is -0.318 e. The number of aromatic nitrogens is 3. The Bertz CT molecular complexity index is 905. The van der Waals surface area contributed by atoms with Gasteiger partial charge in [0, 0.05) is 0 Å². The lowest BCUT2D eigenvalue weighted by molar-refractivity contribution is 0.101. The predicted octanol–water partition coefficient (Wildman–Crippen LogP) is 3.93. The van der Waals surface area contributed by atoms with Gasteiger partial charge in [0.15, 0.2) is 0 Å². The summed E-state index contributed by atoms with van der Waals surface area (Å²) in [4.78, 5) is 16.5. The first-order valence-electron chi connectivity index (χ1n) is 7.21. The lowest BCUT2D eigenvalue weighted by atomic mass is 10.2. The van der Waals surface area contributed by atoms with Crippen LogP contribution < -0.4 is 5.32 Å². The normalized spacial score (nSPS) is 10.7. The first-order valence-corrected chi connectivity index (χ1v) is 7.59. The summed E-state index contributed by atoms with van der Waals surface area (Å²) < 4.78 is 14.5. The van der Waals surface area contributed by atoms with Crippen molar-refractivity contribution in [3.8, 4) is 5.69 Å². The van der Waals surface area contributed by atoms with E-state index in [2.05, 4.69) is 15.4 Å². The molecule has 3 aromatic rings. The zero-order valence-electron chi connectivity index (χ0n) is 13.0. The third kappa shape index (κ3) is 3.28. The number of hydrogen-bond donors (Lipinski definition) is 1. The molecule has 1 N–H and O–H groups in total. The highest BCUT2D eigenvalue weighted by Gasteiger charge is 2.16. The van der Waals surface area contributed by atoms with Crippen LogP contribution in [0.1, 0.15) is 22.0 Å². The Labute approximate surface area is 143 Å². The first kappa shape index (κ1) is 16.1. The Balaban J connectivity index is 1.86. The van der Waals surface area contributed by atoms with Crippen LogP contribution in [0.15, 0.2) is 42.5 Å². The summed E-state index contributed by atoms with van der Waals surface area (Å²) in [5.74, 6) is -0.288. The molecule has 5 nitrogen and oxygen atoms in total. The largest absolute Gasteiger partial charge is 0.318 e. The quantitative estimate of drug-likeness (QED) is 0.783. The summed E-state index contributed by atoms with van der Waals surface area (Å²) in [6.45, 7) is 3.62. The molecule has 0 aliphatic carbocycles. The molecule has 1 amide bonds. The van der Waals surface area contributed by atoms with Crippen LogP contribution in [0.3, 0.4) is 0 Å². The average molecular weight is 345 g/mol. The van der Waals surface area contributed by atoms with E-state index < -0.39 is 5.91 Å². The molecule has 0 aliphatic rings. The van der Waals surface area contributed by atoms with Gasteiger partial charge in [0.2, 0.25) is 5.82 Å². The van der Waals surface area contributed by atoms with Crippen LogP contribution in [0.2, 0.25) is 5.02 Å². The molecule has 0 spiro atoms. The van der Waals surface area contributed by atoms with E-state index in [0.717, 1.165) is 5.56 Å². The van der Waals surface area contributed by atoms with Gasteiger partial charge in [-0.3, -0.25) is 4.79 Å². The molecule has 0 atom stereocenters. The van der Waals surface area contributed by atoms with Crippen LogP contribution in [-0.4, -0.2) is 20.7 Å². The molecule has 0 radical (unpaired) electrons. The van der Waals surface area contributed by atoms with Crippen LogP contribution >= 0.6 is 11.6 Å². The van der Waals surface area contributed by atoms with E-state index >= 15 is 0 Å². The molecule has 24 heavy (non-hydrogen) atoms. The van der Waals surface area contributed by atoms with E-state index in [9.17, 15) is 9.18 Å². The van der Waals surface area contributed by atoms with Crippen molar-refractivity contribution in [1.29, 1.82) is 0 Å². The van der Waals surface area contributed by atoms with Crippen molar-refractivity contribution in [2.24, 2.45) is 0 Å². The molecule has 0 saturated heterocycles. The molecule has 1 heterocycles. The summed E-state index contributed by atoms with van der Waals surface area (Å²) in [5.41, 5.74) is 2.10. The second-order valence-corrected chi connectivity index (χ2v) is 5.72. The van der Waals surface area contributed by atoms with Crippen molar-refractivity contribution in [1.82, 2.24) is 14.8 Å². The molecule has 0 bridgehead atoms. The molecule has 1 aromatic heterocycles. The topological polar surface area (TPSA) is 59.8 Å². The number of hydrogen-bond acceptors (Lipinski definition) is 3. The molecule has 0 fully saturated rings. The van der Waals surface area contributed by atoms with E-state index in [1.54, 1.807) is 31.2 Å². The lowest BCUT2D eigenvalue weighted by Gasteiger charge is -2.05.